The number of H-pyrrole nitrogens is 1. The van der Waals surface area contributed by atoms with Crippen LogP contribution in [0.3, 0.4) is 0 Å². The minimum Gasteiger partial charge on any atom is -0.370 e. The summed E-state index contributed by atoms with van der Waals surface area (Å²) in [7, 11) is 0. The minimum absolute atomic E-state index is 0.0943. The largest absolute Gasteiger partial charge is 0.370 e. The molecule has 0 fully saturated rings. The van der Waals surface area contributed by atoms with Crippen molar-refractivity contribution in [2.24, 2.45) is 22.2 Å². The summed E-state index contributed by atoms with van der Waals surface area (Å²) in [5.74, 6) is -3.13. The molecule has 5 amide bonds. The molecule has 14 nitrogen and oxygen atoms in total. The molecule has 15 heteroatoms. The van der Waals surface area contributed by atoms with Crippen LogP contribution in [0, 0.1) is 0 Å². The smallest absolute Gasteiger partial charge is 0.243 e. The second-order valence-corrected chi connectivity index (χ2v) is 12.9. The predicted octanol–water partition coefficient (Wildman–Crippen LogP) is 0.755. The van der Waals surface area contributed by atoms with E-state index < -0.39 is 53.7 Å². The number of hydrogen-bond donors (Lipinski definition) is 8. The molecule has 4 aromatic rings. The Morgan fingerprint density at radius 3 is 2.04 bits per heavy atom. The molecule has 0 aliphatic heterocycles. The third-order valence-electron chi connectivity index (χ3n) is 7.93. The molecule has 0 bridgehead atoms. The average Bonchev–Trinajstić information content (AvgIpc) is 3.75. The van der Waals surface area contributed by atoms with Gasteiger partial charge in [0, 0.05) is 54.7 Å². The van der Waals surface area contributed by atoms with Crippen LogP contribution in [0.25, 0.3) is 10.9 Å². The van der Waals surface area contributed by atoms with Crippen molar-refractivity contribution >= 4 is 57.7 Å². The van der Waals surface area contributed by atoms with Crippen molar-refractivity contribution < 1.29 is 24.0 Å². The van der Waals surface area contributed by atoms with Crippen molar-refractivity contribution in [3.05, 3.63) is 94.3 Å². The molecule has 0 saturated carbocycles. The number of nitrogens with two attached hydrogens (primary N) is 3. The van der Waals surface area contributed by atoms with Gasteiger partial charge in [-0.1, -0.05) is 54.6 Å². The second kappa shape index (κ2) is 18.2. The lowest BCUT2D eigenvalue weighted by Gasteiger charge is -2.26. The first-order chi connectivity index (χ1) is 24.0. The van der Waals surface area contributed by atoms with E-state index in [1.165, 1.54) is 18.3 Å². The van der Waals surface area contributed by atoms with Crippen LogP contribution >= 0.6 is 11.3 Å². The molecule has 2 heterocycles. The van der Waals surface area contributed by atoms with Gasteiger partial charge in [0.15, 0.2) is 5.96 Å². The lowest BCUT2D eigenvalue weighted by Crippen LogP contribution is -2.59. The zero-order valence-electron chi connectivity index (χ0n) is 27.7. The van der Waals surface area contributed by atoms with E-state index in [-0.39, 0.29) is 38.2 Å². The van der Waals surface area contributed by atoms with Gasteiger partial charge in [0.05, 0.1) is 0 Å². The number of nitrogens with one attached hydrogen (secondary N) is 5. The topological polar surface area (TPSA) is 240 Å². The van der Waals surface area contributed by atoms with Crippen LogP contribution in [0.15, 0.2) is 83.3 Å². The van der Waals surface area contributed by atoms with Crippen LogP contribution < -0.4 is 38.5 Å². The molecular formula is C35H43N9O5S. The Hall–Kier alpha value is -5.70. The number of nitrogens with zero attached hydrogens (tertiary/aromatic N) is 1. The summed E-state index contributed by atoms with van der Waals surface area (Å²) in [6.45, 7) is 1.49. The van der Waals surface area contributed by atoms with Crippen molar-refractivity contribution in [2.45, 2.75) is 63.2 Å². The highest BCUT2D eigenvalue weighted by molar-refractivity contribution is 7.09. The Bertz CT molecular complexity index is 1790. The molecule has 50 heavy (non-hydrogen) atoms. The Balaban J connectivity index is 1.55. The highest BCUT2D eigenvalue weighted by atomic mass is 32.1. The standard InChI is InChI=1S/C35H43N9O5S/c1-21(45)41-30(19-24-11-8-16-50-24)34(49)44-29(17-22-9-3-2-4-10-22)33(48)42-27(14-7-15-39-35(37)38)32(47)43-28(31(36)46)18-23-20-40-26-13-6-5-12-25(23)26/h2-6,8-13,16,20,27-30,40H,7,14-15,17-19H2,1H3,(H2,36,46)(H,41,45)(H,42,48)(H,43,47)(H,44,49)(H4,37,38,39)/t27-,28-,29+,30-/m0/s1. The van der Waals surface area contributed by atoms with Gasteiger partial charge in [-0.05, 0) is 41.5 Å². The maximum absolute atomic E-state index is 14.0. The van der Waals surface area contributed by atoms with Crippen LogP contribution in [-0.2, 0) is 43.2 Å². The number of aromatic amines is 1. The van der Waals surface area contributed by atoms with Crippen molar-refractivity contribution in [3.8, 4) is 0 Å². The van der Waals surface area contributed by atoms with E-state index in [0.29, 0.717) is 6.42 Å². The number of hydrogen-bond acceptors (Lipinski definition) is 7. The van der Waals surface area contributed by atoms with E-state index in [0.717, 1.165) is 26.9 Å². The van der Waals surface area contributed by atoms with Gasteiger partial charge < -0.3 is 43.5 Å². The van der Waals surface area contributed by atoms with Gasteiger partial charge in [-0.15, -0.1) is 11.3 Å². The van der Waals surface area contributed by atoms with E-state index in [1.807, 2.05) is 60.0 Å². The average molecular weight is 702 g/mol. The van der Waals surface area contributed by atoms with Gasteiger partial charge in [-0.3, -0.25) is 29.0 Å². The zero-order chi connectivity index (χ0) is 36.0. The van der Waals surface area contributed by atoms with E-state index in [2.05, 4.69) is 31.2 Å². The maximum atomic E-state index is 14.0. The molecule has 0 aliphatic carbocycles. The van der Waals surface area contributed by atoms with Gasteiger partial charge in [0.25, 0.3) is 0 Å². The zero-order valence-corrected chi connectivity index (χ0v) is 28.5. The lowest BCUT2D eigenvalue weighted by molar-refractivity contribution is -0.134. The van der Waals surface area contributed by atoms with E-state index in [9.17, 15) is 24.0 Å². The molecule has 0 radical (unpaired) electrons. The molecule has 0 saturated heterocycles. The number of fused-ring (bicyclic) bond motifs is 1. The summed E-state index contributed by atoms with van der Waals surface area (Å²) in [5, 5.41) is 13.7. The third kappa shape index (κ3) is 11.2. The number of thiophene rings is 1. The van der Waals surface area contributed by atoms with Crippen LogP contribution in [0.2, 0.25) is 0 Å². The summed E-state index contributed by atoms with van der Waals surface area (Å²) in [4.78, 5) is 73.9. The fraction of sp³-hybridized carbons (Fsp3) is 0.314. The Morgan fingerprint density at radius 1 is 0.740 bits per heavy atom. The van der Waals surface area contributed by atoms with Crippen LogP contribution in [0.4, 0.5) is 0 Å². The van der Waals surface area contributed by atoms with Crippen molar-refractivity contribution in [2.75, 3.05) is 6.54 Å². The van der Waals surface area contributed by atoms with E-state index in [1.54, 1.807) is 18.3 Å². The SMILES string of the molecule is CC(=O)N[C@@H](Cc1cccs1)C(=O)N[C@H](Cc1ccccc1)C(=O)N[C@@H](CCCN=C(N)N)C(=O)N[C@@H](Cc1c[nH]c2ccccc12)C(N)=O. The van der Waals surface area contributed by atoms with Crippen LogP contribution in [-0.4, -0.2) is 71.2 Å². The predicted molar refractivity (Wildman–Crippen MR) is 193 cm³/mol. The number of benzene rings is 2. The summed E-state index contributed by atoms with van der Waals surface area (Å²) in [6, 6.07) is 16.0. The molecule has 0 aliphatic rings. The summed E-state index contributed by atoms with van der Waals surface area (Å²) in [5.41, 5.74) is 19.1. The van der Waals surface area contributed by atoms with Gasteiger partial charge in [0.1, 0.15) is 24.2 Å². The first-order valence-corrected chi connectivity index (χ1v) is 17.0. The molecule has 0 unspecified atom stereocenters. The van der Waals surface area contributed by atoms with Gasteiger partial charge in [0.2, 0.25) is 29.5 Å². The number of aliphatic imine (C=N–C) groups is 1. The van der Waals surface area contributed by atoms with Gasteiger partial charge >= 0.3 is 0 Å². The first kappa shape index (κ1) is 37.1. The quantitative estimate of drug-likeness (QED) is 0.0420. The van der Waals surface area contributed by atoms with Gasteiger partial charge in [-0.2, -0.15) is 0 Å². The number of carbonyl (C=O) groups excluding carboxylic acids is 5. The number of para-hydroxylation sites is 1. The van der Waals surface area contributed by atoms with Crippen molar-refractivity contribution in [1.82, 2.24) is 26.3 Å². The van der Waals surface area contributed by atoms with Crippen molar-refractivity contribution in [3.63, 3.8) is 0 Å². The highest BCUT2D eigenvalue weighted by Gasteiger charge is 2.31. The van der Waals surface area contributed by atoms with Crippen LogP contribution in [0.5, 0.6) is 0 Å². The number of carbonyl (C=O) groups is 5. The highest BCUT2D eigenvalue weighted by Crippen LogP contribution is 2.19. The molecule has 0 spiro atoms. The summed E-state index contributed by atoms with van der Waals surface area (Å²) < 4.78 is 0. The lowest BCUT2D eigenvalue weighted by atomic mass is 10.0. The maximum Gasteiger partial charge on any atom is 0.243 e. The van der Waals surface area contributed by atoms with Gasteiger partial charge in [-0.25, -0.2) is 0 Å². The minimum atomic E-state index is -1.14. The molecule has 4 rings (SSSR count). The third-order valence-corrected chi connectivity index (χ3v) is 8.83. The monoisotopic (exact) mass is 701 g/mol. The van der Waals surface area contributed by atoms with E-state index in [4.69, 9.17) is 17.2 Å². The molecule has 264 valence electrons. The molecule has 2 aromatic heterocycles. The summed E-state index contributed by atoms with van der Waals surface area (Å²) >= 11 is 1.44. The molecule has 2 aromatic carbocycles. The number of amides is 5. The Morgan fingerprint density at radius 2 is 1.38 bits per heavy atom. The van der Waals surface area contributed by atoms with E-state index >= 15 is 0 Å². The number of rotatable bonds is 18. The number of guanidine groups is 1. The number of aromatic nitrogens is 1. The molecule has 4 atom stereocenters. The Labute approximate surface area is 293 Å². The summed E-state index contributed by atoms with van der Waals surface area (Å²) in [6.07, 6.45) is 2.60. The molecule has 11 N–H and O–H groups in total. The number of primary amides is 1. The Kier molecular flexibility index (Phi) is 13.5. The normalized spacial score (nSPS) is 13.3. The van der Waals surface area contributed by atoms with Crippen molar-refractivity contribution in [1.29, 1.82) is 0 Å². The second-order valence-electron chi connectivity index (χ2n) is 11.8. The van der Waals surface area contributed by atoms with Crippen LogP contribution in [0.1, 0.15) is 35.8 Å². The fourth-order valence-corrected chi connectivity index (χ4v) is 6.23. The first-order valence-electron chi connectivity index (χ1n) is 16.1. The fourth-order valence-electron chi connectivity index (χ4n) is 5.48. The molecular weight excluding hydrogens is 659 g/mol.